The Morgan fingerprint density at radius 2 is 2.32 bits per heavy atom. The van der Waals surface area contributed by atoms with Crippen molar-refractivity contribution in [3.63, 3.8) is 0 Å². The van der Waals surface area contributed by atoms with Crippen molar-refractivity contribution in [1.82, 2.24) is 9.88 Å². The summed E-state index contributed by atoms with van der Waals surface area (Å²) in [5.41, 5.74) is 3.74. The summed E-state index contributed by atoms with van der Waals surface area (Å²) in [7, 11) is 2.06. The molecule has 2 heterocycles. The van der Waals surface area contributed by atoms with Gasteiger partial charge in [-0.1, -0.05) is 12.1 Å². The molecule has 0 unspecified atom stereocenters. The van der Waals surface area contributed by atoms with Crippen LogP contribution in [0.25, 0.3) is 10.9 Å². The molecule has 3 rings (SSSR count). The Kier molecular flexibility index (Phi) is 5.76. The lowest BCUT2D eigenvalue weighted by Gasteiger charge is -2.16. The Balaban J connectivity index is 1.48. The third kappa shape index (κ3) is 4.41. The van der Waals surface area contributed by atoms with Gasteiger partial charge in [0.05, 0.1) is 12.7 Å². The van der Waals surface area contributed by atoms with Crippen molar-refractivity contribution < 1.29 is 14.3 Å². The zero-order chi connectivity index (χ0) is 17.8. The molecule has 1 fully saturated rings. The molecule has 0 saturated carbocycles. The summed E-state index contributed by atoms with van der Waals surface area (Å²) >= 11 is 0. The van der Waals surface area contributed by atoms with Gasteiger partial charge in [0.1, 0.15) is 6.10 Å². The van der Waals surface area contributed by atoms with Crippen LogP contribution in [0.15, 0.2) is 24.4 Å². The molecule has 2 atom stereocenters. The zero-order valence-electron chi connectivity index (χ0n) is 15.4. The van der Waals surface area contributed by atoms with Gasteiger partial charge in [-0.2, -0.15) is 0 Å². The first kappa shape index (κ1) is 18.0. The Morgan fingerprint density at radius 3 is 3.08 bits per heavy atom. The van der Waals surface area contributed by atoms with Crippen LogP contribution in [0.5, 0.6) is 0 Å². The number of hydrogen-bond donors (Lipinski definition) is 1. The van der Waals surface area contributed by atoms with E-state index in [1.165, 1.54) is 22.0 Å². The van der Waals surface area contributed by atoms with Crippen LogP contribution in [0.4, 0.5) is 0 Å². The van der Waals surface area contributed by atoms with Crippen LogP contribution in [0.3, 0.4) is 0 Å². The fraction of sp³-hybridized carbons (Fsp3) is 0.550. The predicted molar refractivity (Wildman–Crippen MR) is 98.8 cm³/mol. The predicted octanol–water partition coefficient (Wildman–Crippen LogP) is 2.73. The molecule has 0 spiro atoms. The number of nitrogens with zero attached hydrogens (tertiary/aromatic N) is 1. The van der Waals surface area contributed by atoms with Gasteiger partial charge >= 0.3 is 0 Å². The van der Waals surface area contributed by atoms with E-state index in [0.29, 0.717) is 13.2 Å². The van der Waals surface area contributed by atoms with Crippen LogP contribution in [-0.2, 0) is 27.7 Å². The number of aryl methyl sites for hydroxylation is 2. The molecule has 0 radical (unpaired) electrons. The highest BCUT2D eigenvalue weighted by molar-refractivity contribution is 5.85. The van der Waals surface area contributed by atoms with Gasteiger partial charge in [-0.15, -0.1) is 0 Å². The second-order valence-electron chi connectivity index (χ2n) is 6.94. The van der Waals surface area contributed by atoms with Crippen LogP contribution in [0.1, 0.15) is 30.9 Å². The molecule has 0 aliphatic carbocycles. The summed E-state index contributed by atoms with van der Waals surface area (Å²) in [5, 5.41) is 4.23. The highest BCUT2D eigenvalue weighted by Gasteiger charge is 2.19. The first-order valence-corrected chi connectivity index (χ1v) is 9.10. The van der Waals surface area contributed by atoms with Crippen molar-refractivity contribution in [3.05, 3.63) is 35.5 Å². The van der Waals surface area contributed by atoms with E-state index in [1.807, 2.05) is 0 Å². The average molecular weight is 344 g/mol. The fourth-order valence-electron chi connectivity index (χ4n) is 3.34. The van der Waals surface area contributed by atoms with E-state index < -0.39 is 6.10 Å². The molecule has 1 N–H and O–H groups in total. The molecular formula is C20H28N2O3. The Labute approximate surface area is 149 Å². The van der Waals surface area contributed by atoms with Gasteiger partial charge < -0.3 is 19.4 Å². The van der Waals surface area contributed by atoms with Gasteiger partial charge in [-0.25, -0.2) is 0 Å². The second kappa shape index (κ2) is 8.02. The first-order valence-electron chi connectivity index (χ1n) is 9.10. The van der Waals surface area contributed by atoms with E-state index in [0.717, 1.165) is 25.9 Å². The lowest BCUT2D eigenvalue weighted by Crippen LogP contribution is -2.37. The van der Waals surface area contributed by atoms with Gasteiger partial charge in [-0.3, -0.25) is 4.79 Å². The lowest BCUT2D eigenvalue weighted by molar-refractivity contribution is -0.133. The number of nitrogens with one attached hydrogen (secondary N) is 1. The van der Waals surface area contributed by atoms with Crippen molar-refractivity contribution >= 4 is 16.8 Å². The number of fused-ring (bicyclic) bond motifs is 1. The van der Waals surface area contributed by atoms with Crippen molar-refractivity contribution in [1.29, 1.82) is 0 Å². The van der Waals surface area contributed by atoms with E-state index in [4.69, 9.17) is 9.47 Å². The van der Waals surface area contributed by atoms with Crippen molar-refractivity contribution in [2.75, 3.05) is 19.8 Å². The highest BCUT2D eigenvalue weighted by Crippen LogP contribution is 2.22. The van der Waals surface area contributed by atoms with E-state index >= 15 is 0 Å². The Hall–Kier alpha value is -1.85. The minimum absolute atomic E-state index is 0.0610. The molecule has 1 saturated heterocycles. The molecule has 2 aromatic rings. The molecule has 1 aliphatic rings. The summed E-state index contributed by atoms with van der Waals surface area (Å²) in [6.07, 6.45) is 4.76. The fourth-order valence-corrected chi connectivity index (χ4v) is 3.34. The number of hydrogen-bond acceptors (Lipinski definition) is 3. The number of carbonyl (C=O) groups is 1. The van der Waals surface area contributed by atoms with Crippen LogP contribution in [0.2, 0.25) is 0 Å². The van der Waals surface area contributed by atoms with Gasteiger partial charge in [0.15, 0.2) is 0 Å². The lowest BCUT2D eigenvalue weighted by atomic mass is 10.1. The largest absolute Gasteiger partial charge is 0.376 e. The molecule has 1 aromatic heterocycles. The Bertz CT molecular complexity index is 732. The molecule has 5 heteroatoms. The number of rotatable bonds is 7. The van der Waals surface area contributed by atoms with Gasteiger partial charge in [0.2, 0.25) is 5.91 Å². The molecule has 1 amide bonds. The molecule has 0 bridgehead atoms. The smallest absolute Gasteiger partial charge is 0.248 e. The molecule has 136 valence electrons. The normalized spacial score (nSPS) is 18.6. The van der Waals surface area contributed by atoms with Gasteiger partial charge in [0.25, 0.3) is 0 Å². The summed E-state index contributed by atoms with van der Waals surface area (Å²) in [6.45, 7) is 5.81. The average Bonchev–Trinajstić information content (AvgIpc) is 3.21. The first-order chi connectivity index (χ1) is 12.0. The van der Waals surface area contributed by atoms with Gasteiger partial charge in [0, 0.05) is 37.3 Å². The van der Waals surface area contributed by atoms with Crippen LogP contribution in [-0.4, -0.2) is 42.4 Å². The highest BCUT2D eigenvalue weighted by atomic mass is 16.5. The summed E-state index contributed by atoms with van der Waals surface area (Å²) < 4.78 is 13.3. The number of aromatic nitrogens is 1. The van der Waals surface area contributed by atoms with Crippen LogP contribution in [0, 0.1) is 6.92 Å². The summed E-state index contributed by atoms with van der Waals surface area (Å²) in [4.78, 5) is 12.2. The quantitative estimate of drug-likeness (QED) is 0.840. The summed E-state index contributed by atoms with van der Waals surface area (Å²) in [5.74, 6) is -0.0610. The molecule has 5 nitrogen and oxygen atoms in total. The number of amides is 1. The number of carbonyl (C=O) groups excluding carboxylic acids is 1. The molecule has 1 aromatic carbocycles. The Morgan fingerprint density at radius 1 is 1.48 bits per heavy atom. The maximum atomic E-state index is 12.2. The third-order valence-corrected chi connectivity index (χ3v) is 4.85. The minimum atomic E-state index is -0.445. The SMILES string of the molecule is Cc1ccc2c(CCNC(=O)[C@@H](C)OC[C@H]3CCCO3)cn(C)c2c1. The van der Waals surface area contributed by atoms with E-state index in [-0.39, 0.29) is 12.0 Å². The van der Waals surface area contributed by atoms with E-state index in [9.17, 15) is 4.79 Å². The monoisotopic (exact) mass is 344 g/mol. The van der Waals surface area contributed by atoms with Crippen molar-refractivity contribution in [2.45, 2.75) is 45.3 Å². The minimum Gasteiger partial charge on any atom is -0.376 e. The maximum Gasteiger partial charge on any atom is 0.248 e. The van der Waals surface area contributed by atoms with Crippen molar-refractivity contribution in [3.8, 4) is 0 Å². The number of benzene rings is 1. The van der Waals surface area contributed by atoms with E-state index in [2.05, 4.69) is 48.3 Å². The van der Waals surface area contributed by atoms with Crippen LogP contribution < -0.4 is 5.32 Å². The molecule has 1 aliphatic heterocycles. The number of ether oxygens (including phenoxy) is 2. The molecular weight excluding hydrogens is 316 g/mol. The zero-order valence-corrected chi connectivity index (χ0v) is 15.4. The van der Waals surface area contributed by atoms with E-state index in [1.54, 1.807) is 6.92 Å². The van der Waals surface area contributed by atoms with Crippen LogP contribution >= 0.6 is 0 Å². The summed E-state index contributed by atoms with van der Waals surface area (Å²) in [6, 6.07) is 6.49. The standard InChI is InChI=1S/C20H28N2O3/c1-14-6-7-18-16(12-22(3)19(18)11-14)8-9-21-20(23)15(2)25-13-17-5-4-10-24-17/h6-7,11-12,15,17H,4-5,8-10,13H2,1-3H3,(H,21,23)/t15-,17-/m1/s1. The second-order valence-corrected chi connectivity index (χ2v) is 6.94. The third-order valence-electron chi connectivity index (χ3n) is 4.85. The maximum absolute atomic E-state index is 12.2. The van der Waals surface area contributed by atoms with Gasteiger partial charge in [-0.05, 0) is 50.3 Å². The topological polar surface area (TPSA) is 52.5 Å². The molecule has 25 heavy (non-hydrogen) atoms. The van der Waals surface area contributed by atoms with Crippen molar-refractivity contribution in [2.24, 2.45) is 7.05 Å².